The van der Waals surface area contributed by atoms with Gasteiger partial charge in [0.2, 0.25) is 5.91 Å². The van der Waals surface area contributed by atoms with Gasteiger partial charge in [-0.2, -0.15) is 0 Å². The number of hydrogen-bond acceptors (Lipinski definition) is 3. The summed E-state index contributed by atoms with van der Waals surface area (Å²) in [6.07, 6.45) is 3.88. The van der Waals surface area contributed by atoms with Crippen molar-refractivity contribution >= 4 is 11.6 Å². The van der Waals surface area contributed by atoms with Crippen molar-refractivity contribution in [2.75, 3.05) is 25.0 Å². The van der Waals surface area contributed by atoms with E-state index in [0.717, 1.165) is 30.3 Å². The van der Waals surface area contributed by atoms with Crippen molar-refractivity contribution in [2.24, 2.45) is 0 Å². The number of carbonyl (C=O) groups is 1. The molecule has 20 heavy (non-hydrogen) atoms. The third-order valence-corrected chi connectivity index (χ3v) is 4.25. The van der Waals surface area contributed by atoms with Gasteiger partial charge in [0.25, 0.3) is 0 Å². The van der Waals surface area contributed by atoms with Crippen LogP contribution < -0.4 is 10.6 Å². The number of benzene rings is 1. The molecule has 4 heteroatoms. The molecule has 1 amide bonds. The van der Waals surface area contributed by atoms with Crippen molar-refractivity contribution in [3.05, 3.63) is 29.8 Å². The molecular formula is C16H23N3O. The smallest absolute Gasteiger partial charge is 0.238 e. The van der Waals surface area contributed by atoms with Crippen LogP contribution in [0.4, 0.5) is 5.69 Å². The second-order valence-electron chi connectivity index (χ2n) is 5.96. The van der Waals surface area contributed by atoms with Crippen molar-refractivity contribution in [1.82, 2.24) is 10.2 Å². The molecule has 0 bridgehead atoms. The Morgan fingerprint density at radius 1 is 1.30 bits per heavy atom. The van der Waals surface area contributed by atoms with Gasteiger partial charge in [0.05, 0.1) is 6.54 Å². The maximum absolute atomic E-state index is 12.0. The summed E-state index contributed by atoms with van der Waals surface area (Å²) in [5.41, 5.74) is 2.01. The average molecular weight is 273 g/mol. The lowest BCUT2D eigenvalue weighted by Crippen LogP contribution is -2.38. The van der Waals surface area contributed by atoms with E-state index in [0.29, 0.717) is 12.6 Å². The molecule has 1 aromatic carbocycles. The molecule has 0 spiro atoms. The minimum Gasteiger partial charge on any atom is -0.325 e. The van der Waals surface area contributed by atoms with Gasteiger partial charge in [0.1, 0.15) is 0 Å². The lowest BCUT2D eigenvalue weighted by Gasteiger charge is -2.16. The summed E-state index contributed by atoms with van der Waals surface area (Å²) in [5, 5.41) is 6.35. The van der Waals surface area contributed by atoms with Gasteiger partial charge < -0.3 is 10.6 Å². The van der Waals surface area contributed by atoms with Crippen LogP contribution in [0.25, 0.3) is 0 Å². The van der Waals surface area contributed by atoms with Crippen molar-refractivity contribution in [3.63, 3.8) is 0 Å². The Morgan fingerprint density at radius 2 is 2.10 bits per heavy atom. The van der Waals surface area contributed by atoms with Crippen LogP contribution in [0.3, 0.4) is 0 Å². The molecule has 1 aliphatic heterocycles. The summed E-state index contributed by atoms with van der Waals surface area (Å²) in [5.74, 6) is 0.0455. The van der Waals surface area contributed by atoms with Gasteiger partial charge in [0, 0.05) is 30.9 Å². The molecule has 1 aromatic rings. The summed E-state index contributed by atoms with van der Waals surface area (Å²) in [7, 11) is 0. The SMILES string of the molecule is Cc1ccccc1NC(=O)CNC1CCN(C2CC2)C1. The molecule has 2 aliphatic rings. The van der Waals surface area contributed by atoms with Gasteiger partial charge in [-0.05, 0) is 37.8 Å². The van der Waals surface area contributed by atoms with Crippen molar-refractivity contribution in [2.45, 2.75) is 38.3 Å². The second-order valence-corrected chi connectivity index (χ2v) is 5.96. The number of hydrogen-bond donors (Lipinski definition) is 2. The van der Waals surface area contributed by atoms with Gasteiger partial charge in [-0.3, -0.25) is 9.69 Å². The minimum atomic E-state index is 0.0455. The molecule has 2 N–H and O–H groups in total. The van der Waals surface area contributed by atoms with Gasteiger partial charge >= 0.3 is 0 Å². The Labute approximate surface area is 120 Å². The highest BCUT2D eigenvalue weighted by Gasteiger charge is 2.34. The monoisotopic (exact) mass is 273 g/mol. The van der Waals surface area contributed by atoms with E-state index in [9.17, 15) is 4.79 Å². The van der Waals surface area contributed by atoms with E-state index < -0.39 is 0 Å². The van der Waals surface area contributed by atoms with Crippen LogP contribution in [0, 0.1) is 6.92 Å². The molecule has 1 atom stereocenters. The number of aryl methyl sites for hydroxylation is 1. The van der Waals surface area contributed by atoms with Crippen LogP contribution in [0.15, 0.2) is 24.3 Å². The van der Waals surface area contributed by atoms with Gasteiger partial charge in [0.15, 0.2) is 0 Å². The number of likely N-dealkylation sites (tertiary alicyclic amines) is 1. The van der Waals surface area contributed by atoms with E-state index in [4.69, 9.17) is 0 Å². The summed E-state index contributed by atoms with van der Waals surface area (Å²) in [6.45, 7) is 4.69. The zero-order valence-electron chi connectivity index (χ0n) is 12.1. The van der Waals surface area contributed by atoms with Gasteiger partial charge in [-0.15, -0.1) is 0 Å². The number of amides is 1. The first-order valence-electron chi connectivity index (χ1n) is 7.55. The summed E-state index contributed by atoms with van der Waals surface area (Å²) >= 11 is 0. The van der Waals surface area contributed by atoms with Crippen LogP contribution in [0.5, 0.6) is 0 Å². The molecule has 0 aromatic heterocycles. The topological polar surface area (TPSA) is 44.4 Å². The number of nitrogens with zero attached hydrogens (tertiary/aromatic N) is 1. The third kappa shape index (κ3) is 3.38. The van der Waals surface area contributed by atoms with E-state index in [1.165, 1.54) is 19.4 Å². The van der Waals surface area contributed by atoms with E-state index in [1.807, 2.05) is 31.2 Å². The standard InChI is InChI=1S/C16H23N3O/c1-12-4-2-3-5-15(12)18-16(20)10-17-13-8-9-19(11-13)14-6-7-14/h2-5,13-14,17H,6-11H2,1H3,(H,18,20). The Hall–Kier alpha value is -1.39. The minimum absolute atomic E-state index is 0.0455. The first-order valence-corrected chi connectivity index (χ1v) is 7.55. The number of rotatable bonds is 5. The number of anilines is 1. The normalized spacial score (nSPS) is 22.9. The maximum Gasteiger partial charge on any atom is 0.238 e. The summed E-state index contributed by atoms with van der Waals surface area (Å²) in [4.78, 5) is 14.5. The van der Waals surface area contributed by atoms with E-state index in [1.54, 1.807) is 0 Å². The zero-order valence-corrected chi connectivity index (χ0v) is 12.1. The lowest BCUT2D eigenvalue weighted by molar-refractivity contribution is -0.115. The average Bonchev–Trinajstić information content (AvgIpc) is 3.18. The van der Waals surface area contributed by atoms with Crippen LogP contribution in [0.1, 0.15) is 24.8 Å². The summed E-state index contributed by atoms with van der Waals surface area (Å²) in [6, 6.07) is 9.18. The van der Waals surface area contributed by atoms with E-state index >= 15 is 0 Å². The fraction of sp³-hybridized carbons (Fsp3) is 0.562. The largest absolute Gasteiger partial charge is 0.325 e. The molecule has 0 radical (unpaired) electrons. The Morgan fingerprint density at radius 3 is 2.85 bits per heavy atom. The molecule has 1 heterocycles. The molecule has 1 saturated heterocycles. The van der Waals surface area contributed by atoms with Crippen LogP contribution in [0.2, 0.25) is 0 Å². The predicted octanol–water partition coefficient (Wildman–Crippen LogP) is 1.76. The number of para-hydroxylation sites is 1. The molecular weight excluding hydrogens is 250 g/mol. The van der Waals surface area contributed by atoms with Gasteiger partial charge in [-0.1, -0.05) is 18.2 Å². The van der Waals surface area contributed by atoms with Crippen molar-refractivity contribution in [1.29, 1.82) is 0 Å². The molecule has 2 fully saturated rings. The Balaban J connectivity index is 1.42. The lowest BCUT2D eigenvalue weighted by atomic mass is 10.2. The maximum atomic E-state index is 12.0. The Bertz CT molecular complexity index is 484. The zero-order chi connectivity index (χ0) is 13.9. The summed E-state index contributed by atoms with van der Waals surface area (Å²) < 4.78 is 0. The fourth-order valence-electron chi connectivity index (χ4n) is 2.87. The fourth-order valence-corrected chi connectivity index (χ4v) is 2.87. The molecule has 108 valence electrons. The van der Waals surface area contributed by atoms with E-state index in [-0.39, 0.29) is 5.91 Å². The number of carbonyl (C=O) groups excluding carboxylic acids is 1. The Kier molecular flexibility index (Phi) is 4.03. The second kappa shape index (κ2) is 5.94. The molecule has 4 nitrogen and oxygen atoms in total. The molecule has 1 unspecified atom stereocenters. The molecule has 3 rings (SSSR count). The highest BCUT2D eigenvalue weighted by Crippen LogP contribution is 2.29. The van der Waals surface area contributed by atoms with Crippen molar-refractivity contribution < 1.29 is 4.79 Å². The number of nitrogens with one attached hydrogen (secondary N) is 2. The molecule has 1 saturated carbocycles. The van der Waals surface area contributed by atoms with E-state index in [2.05, 4.69) is 15.5 Å². The quantitative estimate of drug-likeness (QED) is 0.859. The van der Waals surface area contributed by atoms with Crippen LogP contribution >= 0.6 is 0 Å². The highest BCUT2D eigenvalue weighted by atomic mass is 16.1. The van der Waals surface area contributed by atoms with Gasteiger partial charge in [-0.25, -0.2) is 0 Å². The van der Waals surface area contributed by atoms with Crippen molar-refractivity contribution in [3.8, 4) is 0 Å². The first-order chi connectivity index (χ1) is 9.72. The van der Waals surface area contributed by atoms with Crippen LogP contribution in [-0.4, -0.2) is 42.5 Å². The first kappa shape index (κ1) is 13.6. The molecule has 1 aliphatic carbocycles. The third-order valence-electron chi connectivity index (χ3n) is 4.25. The van der Waals surface area contributed by atoms with Crippen LogP contribution in [-0.2, 0) is 4.79 Å². The highest BCUT2D eigenvalue weighted by molar-refractivity contribution is 5.92. The predicted molar refractivity (Wildman–Crippen MR) is 80.8 cm³/mol.